The molecule has 3 rings (SSSR count). The molecule has 0 atom stereocenters. The number of pyridine rings is 1. The van der Waals surface area contributed by atoms with Crippen LogP contribution in [0.25, 0.3) is 0 Å². The number of methoxy groups -OCH3 is 1. The minimum absolute atomic E-state index is 0.248. The quantitative estimate of drug-likeness (QED) is 0.735. The monoisotopic (exact) mass is 351 g/mol. The number of amides is 2. The Morgan fingerprint density at radius 1 is 1.04 bits per heavy atom. The molecular weight excluding hydrogens is 334 g/mol. The van der Waals surface area contributed by atoms with Crippen LogP contribution in [0.2, 0.25) is 0 Å². The van der Waals surface area contributed by atoms with Crippen molar-refractivity contribution < 1.29 is 14.3 Å². The lowest BCUT2D eigenvalue weighted by Crippen LogP contribution is -2.14. The lowest BCUT2D eigenvalue weighted by Gasteiger charge is -2.07. The van der Waals surface area contributed by atoms with Gasteiger partial charge in [-0.2, -0.15) is 0 Å². The molecule has 0 spiro atoms. The van der Waals surface area contributed by atoms with Crippen LogP contribution in [0.5, 0.6) is 5.88 Å². The normalized spacial score (nSPS) is 10.2. The van der Waals surface area contributed by atoms with Crippen molar-refractivity contribution in [3.05, 3.63) is 66.1 Å². The summed E-state index contributed by atoms with van der Waals surface area (Å²) in [7, 11) is 3.16. The zero-order valence-electron chi connectivity index (χ0n) is 14.3. The minimum atomic E-state index is -0.345. The Hall–Kier alpha value is -3.68. The molecule has 0 aliphatic rings. The zero-order valence-corrected chi connectivity index (χ0v) is 14.3. The van der Waals surface area contributed by atoms with E-state index >= 15 is 0 Å². The van der Waals surface area contributed by atoms with Crippen molar-refractivity contribution >= 4 is 23.2 Å². The first-order valence-corrected chi connectivity index (χ1v) is 7.77. The number of aryl methyl sites for hydroxylation is 1. The molecule has 8 nitrogen and oxygen atoms in total. The Morgan fingerprint density at radius 2 is 1.77 bits per heavy atom. The summed E-state index contributed by atoms with van der Waals surface area (Å²) in [6, 6.07) is 10.0. The molecule has 0 radical (unpaired) electrons. The van der Waals surface area contributed by atoms with E-state index in [9.17, 15) is 9.59 Å². The molecule has 8 heteroatoms. The molecule has 0 saturated heterocycles. The highest BCUT2D eigenvalue weighted by Gasteiger charge is 2.16. The van der Waals surface area contributed by atoms with Gasteiger partial charge < -0.3 is 15.4 Å². The van der Waals surface area contributed by atoms with Crippen molar-refractivity contribution in [2.45, 2.75) is 0 Å². The zero-order chi connectivity index (χ0) is 18.5. The van der Waals surface area contributed by atoms with Crippen LogP contribution in [0.1, 0.15) is 20.7 Å². The average molecular weight is 351 g/mol. The van der Waals surface area contributed by atoms with Gasteiger partial charge in [0.15, 0.2) is 0 Å². The van der Waals surface area contributed by atoms with E-state index in [1.165, 1.54) is 11.8 Å². The first-order chi connectivity index (χ1) is 12.6. The Morgan fingerprint density at radius 3 is 2.42 bits per heavy atom. The van der Waals surface area contributed by atoms with Gasteiger partial charge in [0.05, 0.1) is 19.0 Å². The molecule has 2 aromatic heterocycles. The van der Waals surface area contributed by atoms with Gasteiger partial charge in [0, 0.05) is 30.7 Å². The number of anilines is 2. The summed E-state index contributed by atoms with van der Waals surface area (Å²) in [5.74, 6) is -0.357. The molecule has 0 saturated carbocycles. The van der Waals surface area contributed by atoms with E-state index in [4.69, 9.17) is 4.74 Å². The summed E-state index contributed by atoms with van der Waals surface area (Å²) in [6.07, 6.45) is 4.77. The summed E-state index contributed by atoms with van der Waals surface area (Å²) in [5, 5.41) is 9.54. The van der Waals surface area contributed by atoms with Crippen LogP contribution in [-0.2, 0) is 7.05 Å². The molecule has 0 bridgehead atoms. The summed E-state index contributed by atoms with van der Waals surface area (Å²) in [4.78, 5) is 28.5. The Labute approximate surface area is 149 Å². The van der Waals surface area contributed by atoms with Crippen molar-refractivity contribution in [3.8, 4) is 5.88 Å². The van der Waals surface area contributed by atoms with Gasteiger partial charge in [-0.1, -0.05) is 0 Å². The number of nitrogens with one attached hydrogen (secondary N) is 2. The van der Waals surface area contributed by atoms with E-state index in [-0.39, 0.29) is 17.7 Å². The van der Waals surface area contributed by atoms with Gasteiger partial charge in [-0.3, -0.25) is 19.3 Å². The van der Waals surface area contributed by atoms with Crippen molar-refractivity contribution in [3.63, 3.8) is 0 Å². The van der Waals surface area contributed by atoms with Gasteiger partial charge in [0.25, 0.3) is 11.8 Å². The molecular formula is C18H17N5O3. The van der Waals surface area contributed by atoms with Crippen LogP contribution in [0.15, 0.2) is 55.0 Å². The van der Waals surface area contributed by atoms with Crippen LogP contribution in [0.3, 0.4) is 0 Å². The van der Waals surface area contributed by atoms with E-state index in [0.29, 0.717) is 22.5 Å². The van der Waals surface area contributed by atoms with Gasteiger partial charge in [-0.25, -0.2) is 0 Å². The largest absolute Gasteiger partial charge is 0.479 e. The lowest BCUT2D eigenvalue weighted by atomic mass is 10.2. The highest BCUT2D eigenvalue weighted by Crippen LogP contribution is 2.18. The number of hydrogen-bond donors (Lipinski definition) is 2. The standard InChI is InChI=1S/C18H17N5O3/c1-23-11-15(18(22-23)26-2)17(25)20-13-7-5-12(6-8-13)16(24)21-14-4-3-9-19-10-14/h3-11H,1-2H3,(H,20,25)(H,21,24). The summed E-state index contributed by atoms with van der Waals surface area (Å²) >= 11 is 0. The van der Waals surface area contributed by atoms with E-state index in [1.807, 2.05) is 0 Å². The maximum Gasteiger partial charge on any atom is 0.262 e. The Kier molecular flexibility index (Phi) is 4.93. The third kappa shape index (κ3) is 3.86. The molecule has 0 unspecified atom stereocenters. The van der Waals surface area contributed by atoms with Gasteiger partial charge in [-0.15, -0.1) is 5.10 Å². The third-order valence-corrected chi connectivity index (χ3v) is 3.56. The molecule has 2 N–H and O–H groups in total. The number of hydrogen-bond acceptors (Lipinski definition) is 5. The van der Waals surface area contributed by atoms with Crippen molar-refractivity contribution in [1.29, 1.82) is 0 Å². The van der Waals surface area contributed by atoms with Crippen LogP contribution in [-0.4, -0.2) is 33.7 Å². The maximum absolute atomic E-state index is 12.3. The first kappa shape index (κ1) is 17.2. The molecule has 2 amide bonds. The SMILES string of the molecule is COc1nn(C)cc1C(=O)Nc1ccc(C(=O)Nc2cccnc2)cc1. The lowest BCUT2D eigenvalue weighted by molar-refractivity contribution is 0.101. The number of rotatable bonds is 5. The van der Waals surface area contributed by atoms with Gasteiger partial charge in [0.2, 0.25) is 5.88 Å². The molecule has 0 aliphatic carbocycles. The van der Waals surface area contributed by atoms with E-state index in [0.717, 1.165) is 0 Å². The molecule has 0 fully saturated rings. The second kappa shape index (κ2) is 7.47. The Bertz CT molecular complexity index is 920. The fourth-order valence-electron chi connectivity index (χ4n) is 2.32. The van der Waals surface area contributed by atoms with Gasteiger partial charge in [0.1, 0.15) is 5.56 Å². The second-order valence-corrected chi connectivity index (χ2v) is 5.45. The summed E-state index contributed by atoms with van der Waals surface area (Å²) in [5.41, 5.74) is 1.96. The molecule has 1 aromatic carbocycles. The molecule has 0 aliphatic heterocycles. The van der Waals surface area contributed by atoms with Crippen LogP contribution < -0.4 is 15.4 Å². The fourth-order valence-corrected chi connectivity index (χ4v) is 2.32. The predicted octanol–water partition coefficient (Wildman–Crippen LogP) is 2.33. The summed E-state index contributed by atoms with van der Waals surface area (Å²) in [6.45, 7) is 0. The highest BCUT2D eigenvalue weighted by molar-refractivity contribution is 6.07. The van der Waals surface area contributed by atoms with E-state index in [2.05, 4.69) is 20.7 Å². The number of nitrogens with zero attached hydrogens (tertiary/aromatic N) is 3. The van der Waals surface area contributed by atoms with Crippen molar-refractivity contribution in [2.75, 3.05) is 17.7 Å². The number of benzene rings is 1. The maximum atomic E-state index is 12.3. The second-order valence-electron chi connectivity index (χ2n) is 5.45. The van der Waals surface area contributed by atoms with Gasteiger partial charge >= 0.3 is 0 Å². The van der Waals surface area contributed by atoms with Crippen molar-refractivity contribution in [1.82, 2.24) is 14.8 Å². The topological polar surface area (TPSA) is 98.1 Å². The summed E-state index contributed by atoms with van der Waals surface area (Å²) < 4.78 is 6.58. The number of aromatic nitrogens is 3. The molecule has 26 heavy (non-hydrogen) atoms. The molecule has 3 aromatic rings. The third-order valence-electron chi connectivity index (χ3n) is 3.56. The van der Waals surface area contributed by atoms with Crippen LogP contribution >= 0.6 is 0 Å². The smallest absolute Gasteiger partial charge is 0.262 e. The predicted molar refractivity (Wildman–Crippen MR) is 96.3 cm³/mol. The van der Waals surface area contributed by atoms with Crippen LogP contribution in [0.4, 0.5) is 11.4 Å². The van der Waals surface area contributed by atoms with Crippen molar-refractivity contribution in [2.24, 2.45) is 7.05 Å². The minimum Gasteiger partial charge on any atom is -0.479 e. The Balaban J connectivity index is 1.67. The van der Waals surface area contributed by atoms with E-state index in [1.54, 1.807) is 62.0 Å². The van der Waals surface area contributed by atoms with E-state index < -0.39 is 0 Å². The number of carbonyl (C=O) groups excluding carboxylic acids is 2. The number of carbonyl (C=O) groups is 2. The average Bonchev–Trinajstić information content (AvgIpc) is 3.04. The molecule has 132 valence electrons. The van der Waals surface area contributed by atoms with Gasteiger partial charge in [-0.05, 0) is 36.4 Å². The highest BCUT2D eigenvalue weighted by atomic mass is 16.5. The fraction of sp³-hybridized carbons (Fsp3) is 0.111. The van der Waals surface area contributed by atoms with Crippen LogP contribution in [0, 0.1) is 0 Å². The first-order valence-electron chi connectivity index (χ1n) is 7.77. The number of ether oxygens (including phenoxy) is 1. The molecule has 2 heterocycles.